The van der Waals surface area contributed by atoms with Crippen LogP contribution in [-0.2, 0) is 0 Å². The van der Waals surface area contributed by atoms with Gasteiger partial charge in [-0.15, -0.1) is 0 Å². The zero-order valence-electron chi connectivity index (χ0n) is 9.21. The summed E-state index contributed by atoms with van der Waals surface area (Å²) in [4.78, 5) is 8.34. The number of nitrogens with zero attached hydrogens (tertiary/aromatic N) is 3. The molecule has 0 atom stereocenters. The lowest BCUT2D eigenvalue weighted by Gasteiger charge is -2.33. The molecule has 0 unspecified atom stereocenters. The highest BCUT2D eigenvalue weighted by atomic mass is 15.3. The summed E-state index contributed by atoms with van der Waals surface area (Å²) in [5.74, 6) is 0. The minimum atomic E-state index is 0.662. The Morgan fingerprint density at radius 2 is 1.64 bits per heavy atom. The fourth-order valence-corrected chi connectivity index (χ4v) is 1.81. The summed E-state index contributed by atoms with van der Waals surface area (Å²) in [5, 5.41) is 0. The van der Waals surface area contributed by atoms with Crippen LogP contribution in [0.25, 0.3) is 4.85 Å². The van der Waals surface area contributed by atoms with Gasteiger partial charge in [0.1, 0.15) is 0 Å². The Bertz CT molecular complexity index is 177. The predicted octanol–water partition coefficient (Wildman–Crippen LogP) is 1.32. The lowest BCUT2D eigenvalue weighted by atomic mass is 10.2. The molecule has 80 valence electrons. The molecule has 0 aromatic carbocycles. The van der Waals surface area contributed by atoms with Gasteiger partial charge in [0.25, 0.3) is 0 Å². The lowest BCUT2D eigenvalue weighted by molar-refractivity contribution is 0.135. The molecular weight excluding hydrogens is 174 g/mol. The van der Waals surface area contributed by atoms with Gasteiger partial charge in [0.15, 0.2) is 0 Å². The molecule has 1 aliphatic heterocycles. The van der Waals surface area contributed by atoms with Gasteiger partial charge in [-0.1, -0.05) is 13.3 Å². The van der Waals surface area contributed by atoms with Gasteiger partial charge in [-0.05, 0) is 13.0 Å². The monoisotopic (exact) mass is 195 g/mol. The highest BCUT2D eigenvalue weighted by molar-refractivity contribution is 4.74. The molecule has 1 fully saturated rings. The zero-order chi connectivity index (χ0) is 10.2. The first-order valence-electron chi connectivity index (χ1n) is 5.64. The smallest absolute Gasteiger partial charge is 0.227 e. The van der Waals surface area contributed by atoms with Crippen LogP contribution in [0, 0.1) is 6.57 Å². The first kappa shape index (κ1) is 11.5. The van der Waals surface area contributed by atoms with E-state index in [9.17, 15) is 0 Å². The van der Waals surface area contributed by atoms with Crippen LogP contribution in [0.4, 0.5) is 0 Å². The third-order valence-corrected chi connectivity index (χ3v) is 2.82. The summed E-state index contributed by atoms with van der Waals surface area (Å²) in [5.41, 5.74) is 0. The van der Waals surface area contributed by atoms with Crippen LogP contribution in [0.2, 0.25) is 0 Å². The minimum absolute atomic E-state index is 0.662. The van der Waals surface area contributed by atoms with Gasteiger partial charge < -0.3 is 9.74 Å². The molecule has 1 saturated heterocycles. The van der Waals surface area contributed by atoms with Gasteiger partial charge in [0.05, 0.1) is 6.54 Å². The van der Waals surface area contributed by atoms with Crippen molar-refractivity contribution >= 4 is 0 Å². The summed E-state index contributed by atoms with van der Waals surface area (Å²) in [6.07, 6.45) is 2.61. The van der Waals surface area contributed by atoms with E-state index in [1.54, 1.807) is 0 Å². The van der Waals surface area contributed by atoms with Gasteiger partial charge >= 0.3 is 0 Å². The molecule has 0 radical (unpaired) electrons. The first-order valence-corrected chi connectivity index (χ1v) is 5.64. The summed E-state index contributed by atoms with van der Waals surface area (Å²) < 4.78 is 0. The number of hydrogen-bond acceptors (Lipinski definition) is 2. The van der Waals surface area contributed by atoms with E-state index in [0.29, 0.717) is 6.54 Å². The average molecular weight is 195 g/mol. The van der Waals surface area contributed by atoms with Crippen molar-refractivity contribution in [1.82, 2.24) is 9.80 Å². The Hall–Kier alpha value is -0.590. The summed E-state index contributed by atoms with van der Waals surface area (Å²) >= 11 is 0. The molecule has 14 heavy (non-hydrogen) atoms. The highest BCUT2D eigenvalue weighted by Crippen LogP contribution is 2.02. The van der Waals surface area contributed by atoms with Crippen molar-refractivity contribution in [2.75, 3.05) is 45.8 Å². The average Bonchev–Trinajstić information content (AvgIpc) is 2.25. The maximum atomic E-state index is 6.74. The molecular formula is C11H21N3. The zero-order valence-corrected chi connectivity index (χ0v) is 9.21. The van der Waals surface area contributed by atoms with Crippen LogP contribution in [-0.4, -0.2) is 55.6 Å². The molecule has 1 rings (SSSR count). The normalized spacial score (nSPS) is 19.4. The predicted molar refractivity (Wildman–Crippen MR) is 59.3 cm³/mol. The Kier molecular flexibility index (Phi) is 5.58. The quantitative estimate of drug-likeness (QED) is 0.613. The maximum Gasteiger partial charge on any atom is 0.227 e. The second-order valence-corrected chi connectivity index (χ2v) is 3.92. The SMILES string of the molecule is [C-]#[N+]CCN1CCN(CCCC)CC1. The van der Waals surface area contributed by atoms with Crippen molar-refractivity contribution in [3.63, 3.8) is 0 Å². The van der Waals surface area contributed by atoms with Gasteiger partial charge in [-0.3, -0.25) is 4.90 Å². The molecule has 3 nitrogen and oxygen atoms in total. The molecule has 0 saturated carbocycles. The molecule has 3 heteroatoms. The van der Waals surface area contributed by atoms with Crippen LogP contribution >= 0.6 is 0 Å². The van der Waals surface area contributed by atoms with Crippen LogP contribution < -0.4 is 0 Å². The molecule has 0 aliphatic carbocycles. The number of piperazine rings is 1. The van der Waals surface area contributed by atoms with E-state index < -0.39 is 0 Å². The molecule has 0 bridgehead atoms. The third kappa shape index (κ3) is 4.08. The molecule has 0 aromatic rings. The molecule has 0 amide bonds. The third-order valence-electron chi connectivity index (χ3n) is 2.82. The van der Waals surface area contributed by atoms with Gasteiger partial charge in [0.2, 0.25) is 6.54 Å². The Morgan fingerprint density at radius 3 is 2.14 bits per heavy atom. The first-order chi connectivity index (χ1) is 6.86. The van der Waals surface area contributed by atoms with E-state index in [1.807, 2.05) is 0 Å². The highest BCUT2D eigenvalue weighted by Gasteiger charge is 2.15. The molecule has 1 aliphatic rings. The van der Waals surface area contributed by atoms with Crippen molar-refractivity contribution in [2.45, 2.75) is 19.8 Å². The number of hydrogen-bond donors (Lipinski definition) is 0. The lowest BCUT2D eigenvalue weighted by Crippen LogP contribution is -2.47. The van der Waals surface area contributed by atoms with Crippen LogP contribution in [0.5, 0.6) is 0 Å². The van der Waals surface area contributed by atoms with Crippen LogP contribution in [0.3, 0.4) is 0 Å². The minimum Gasteiger partial charge on any atom is -0.316 e. The maximum absolute atomic E-state index is 6.74. The van der Waals surface area contributed by atoms with E-state index in [-0.39, 0.29) is 0 Å². The second kappa shape index (κ2) is 6.80. The fourth-order valence-electron chi connectivity index (χ4n) is 1.81. The Balaban J connectivity index is 2.09. The largest absolute Gasteiger partial charge is 0.316 e. The Morgan fingerprint density at radius 1 is 1.07 bits per heavy atom. The van der Waals surface area contributed by atoms with Gasteiger partial charge in [-0.25, -0.2) is 6.57 Å². The Labute approximate surface area is 87.5 Å². The summed E-state index contributed by atoms with van der Waals surface area (Å²) in [7, 11) is 0. The van der Waals surface area contributed by atoms with Crippen molar-refractivity contribution < 1.29 is 0 Å². The van der Waals surface area contributed by atoms with Crippen molar-refractivity contribution in [1.29, 1.82) is 0 Å². The topological polar surface area (TPSA) is 10.8 Å². The van der Waals surface area contributed by atoms with Gasteiger partial charge in [0, 0.05) is 26.2 Å². The van der Waals surface area contributed by atoms with E-state index in [4.69, 9.17) is 6.57 Å². The van der Waals surface area contributed by atoms with Crippen molar-refractivity contribution in [3.8, 4) is 0 Å². The molecule has 0 spiro atoms. The summed E-state index contributed by atoms with van der Waals surface area (Å²) in [6.45, 7) is 16.6. The number of rotatable bonds is 5. The van der Waals surface area contributed by atoms with Crippen LogP contribution in [0.15, 0.2) is 0 Å². The second-order valence-electron chi connectivity index (χ2n) is 3.92. The standard InChI is InChI=1S/C11H21N3/c1-3-4-6-13-8-10-14(11-9-13)7-5-12-2/h3-11H2,1H3. The van der Waals surface area contributed by atoms with Crippen molar-refractivity contribution in [3.05, 3.63) is 11.4 Å². The van der Waals surface area contributed by atoms with Crippen LogP contribution in [0.1, 0.15) is 19.8 Å². The fraction of sp³-hybridized carbons (Fsp3) is 0.909. The van der Waals surface area contributed by atoms with E-state index in [2.05, 4.69) is 21.6 Å². The molecule has 0 aromatic heterocycles. The van der Waals surface area contributed by atoms with E-state index in [1.165, 1.54) is 32.5 Å². The van der Waals surface area contributed by atoms with Crippen molar-refractivity contribution in [2.24, 2.45) is 0 Å². The molecule has 1 heterocycles. The van der Waals surface area contributed by atoms with E-state index in [0.717, 1.165) is 19.6 Å². The van der Waals surface area contributed by atoms with E-state index >= 15 is 0 Å². The molecule has 0 N–H and O–H groups in total. The number of unbranched alkanes of at least 4 members (excludes halogenated alkanes) is 1. The summed E-state index contributed by atoms with van der Waals surface area (Å²) in [6, 6.07) is 0. The van der Waals surface area contributed by atoms with Gasteiger partial charge in [-0.2, -0.15) is 0 Å².